The molecule has 0 amide bonds. The lowest BCUT2D eigenvalue weighted by Gasteiger charge is -2.04. The fourth-order valence-corrected chi connectivity index (χ4v) is 2.63. The Bertz CT molecular complexity index is 994. The van der Waals surface area contributed by atoms with Gasteiger partial charge in [0.1, 0.15) is 11.6 Å². The first-order valence-electron chi connectivity index (χ1n) is 7.03. The van der Waals surface area contributed by atoms with E-state index in [2.05, 4.69) is 19.9 Å². The van der Waals surface area contributed by atoms with Gasteiger partial charge in [-0.3, -0.25) is 9.97 Å². The summed E-state index contributed by atoms with van der Waals surface area (Å²) in [6.45, 7) is 0. The average molecular weight is 305 g/mol. The number of hydrogen-bond acceptors (Lipinski definition) is 4. The van der Waals surface area contributed by atoms with E-state index in [1.807, 2.05) is 24.3 Å². The van der Waals surface area contributed by atoms with Crippen LogP contribution in [0.25, 0.3) is 33.5 Å². The third-order valence-electron chi connectivity index (χ3n) is 3.59. The fraction of sp³-hybridized carbons (Fsp3) is 0. The molecule has 0 atom stereocenters. The van der Waals surface area contributed by atoms with E-state index in [9.17, 15) is 4.39 Å². The normalized spacial score (nSPS) is 11.0. The Morgan fingerprint density at radius 2 is 1.91 bits per heavy atom. The quantitative estimate of drug-likeness (QED) is 0.594. The lowest BCUT2D eigenvalue weighted by atomic mass is 10.1. The number of H-pyrrole nitrogens is 1. The molecule has 4 rings (SSSR count). The van der Waals surface area contributed by atoms with Crippen molar-refractivity contribution in [3.05, 3.63) is 60.8 Å². The Morgan fingerprint density at radius 3 is 2.70 bits per heavy atom. The summed E-state index contributed by atoms with van der Waals surface area (Å²) in [7, 11) is 0. The van der Waals surface area contributed by atoms with Crippen LogP contribution in [0.2, 0.25) is 0 Å². The minimum absolute atomic E-state index is 0.396. The van der Waals surface area contributed by atoms with Gasteiger partial charge in [0.05, 0.1) is 34.2 Å². The molecule has 0 saturated heterocycles. The number of aromatic nitrogens is 4. The van der Waals surface area contributed by atoms with E-state index in [0.717, 1.165) is 22.5 Å². The zero-order valence-electron chi connectivity index (χ0n) is 12.0. The third-order valence-corrected chi connectivity index (χ3v) is 3.59. The molecule has 112 valence electrons. The molecule has 6 heteroatoms. The van der Waals surface area contributed by atoms with Crippen LogP contribution < -0.4 is 5.73 Å². The maximum atomic E-state index is 13.5. The van der Waals surface area contributed by atoms with Gasteiger partial charge in [-0.15, -0.1) is 0 Å². The number of rotatable bonds is 2. The molecule has 0 saturated carbocycles. The molecule has 0 aromatic carbocycles. The molecule has 4 aromatic rings. The highest BCUT2D eigenvalue weighted by atomic mass is 19.1. The number of halogens is 1. The topological polar surface area (TPSA) is 80.5 Å². The summed E-state index contributed by atoms with van der Waals surface area (Å²) in [4.78, 5) is 15.9. The monoisotopic (exact) mass is 305 g/mol. The smallest absolute Gasteiger partial charge is 0.143 e. The number of fused-ring (bicyclic) bond motifs is 1. The van der Waals surface area contributed by atoms with E-state index in [0.29, 0.717) is 16.9 Å². The number of nitrogens with two attached hydrogens (primary N) is 1. The first-order valence-corrected chi connectivity index (χ1v) is 7.03. The van der Waals surface area contributed by atoms with Crippen molar-refractivity contribution >= 4 is 16.9 Å². The number of anilines is 1. The van der Waals surface area contributed by atoms with Crippen molar-refractivity contribution in [3.8, 4) is 22.5 Å². The molecule has 4 aromatic heterocycles. The van der Waals surface area contributed by atoms with Crippen molar-refractivity contribution in [2.24, 2.45) is 0 Å². The van der Waals surface area contributed by atoms with Crippen LogP contribution in [0, 0.1) is 5.82 Å². The number of nitrogen functional groups attached to an aromatic ring is 1. The number of nitrogens with zero attached hydrogens (tertiary/aromatic N) is 3. The Morgan fingerprint density at radius 1 is 1.00 bits per heavy atom. The zero-order valence-corrected chi connectivity index (χ0v) is 12.0. The van der Waals surface area contributed by atoms with E-state index in [4.69, 9.17) is 5.73 Å². The first kappa shape index (κ1) is 13.4. The maximum absolute atomic E-state index is 13.5. The molecule has 0 radical (unpaired) electrons. The lowest BCUT2D eigenvalue weighted by Crippen LogP contribution is -1.91. The molecule has 0 spiro atoms. The first-order chi connectivity index (χ1) is 11.2. The molecule has 3 N–H and O–H groups in total. The second-order valence-corrected chi connectivity index (χ2v) is 5.11. The molecule has 0 bridgehead atoms. The van der Waals surface area contributed by atoms with Gasteiger partial charge in [-0.1, -0.05) is 6.07 Å². The van der Waals surface area contributed by atoms with Gasteiger partial charge in [-0.25, -0.2) is 9.37 Å². The van der Waals surface area contributed by atoms with E-state index >= 15 is 0 Å². The minimum Gasteiger partial charge on any atom is -0.384 e. The predicted molar refractivity (Wildman–Crippen MR) is 86.9 cm³/mol. The summed E-state index contributed by atoms with van der Waals surface area (Å²) in [6, 6.07) is 10.6. The van der Waals surface area contributed by atoms with Crippen molar-refractivity contribution in [2.45, 2.75) is 0 Å². The second-order valence-electron chi connectivity index (χ2n) is 5.11. The van der Waals surface area contributed by atoms with Gasteiger partial charge >= 0.3 is 0 Å². The van der Waals surface area contributed by atoms with Gasteiger partial charge in [-0.2, -0.15) is 0 Å². The summed E-state index contributed by atoms with van der Waals surface area (Å²) >= 11 is 0. The van der Waals surface area contributed by atoms with Crippen LogP contribution in [0.5, 0.6) is 0 Å². The van der Waals surface area contributed by atoms with Crippen LogP contribution >= 0.6 is 0 Å². The van der Waals surface area contributed by atoms with Crippen LogP contribution in [0.1, 0.15) is 0 Å². The van der Waals surface area contributed by atoms with Gasteiger partial charge in [-0.05, 0) is 24.3 Å². The second kappa shape index (κ2) is 5.17. The molecule has 0 aliphatic rings. The highest BCUT2D eigenvalue weighted by molar-refractivity contribution is 6.00. The van der Waals surface area contributed by atoms with Crippen LogP contribution in [0.4, 0.5) is 10.2 Å². The Hall–Kier alpha value is -3.28. The van der Waals surface area contributed by atoms with Gasteiger partial charge in [0.2, 0.25) is 0 Å². The Balaban J connectivity index is 2.07. The zero-order chi connectivity index (χ0) is 15.8. The third kappa shape index (κ3) is 2.30. The number of aromatic amines is 1. The van der Waals surface area contributed by atoms with Crippen molar-refractivity contribution in [1.82, 2.24) is 19.9 Å². The highest BCUT2D eigenvalue weighted by Crippen LogP contribution is 2.36. The number of pyridine rings is 3. The van der Waals surface area contributed by atoms with Gasteiger partial charge in [0.25, 0.3) is 0 Å². The molecule has 0 aliphatic carbocycles. The largest absolute Gasteiger partial charge is 0.384 e. The van der Waals surface area contributed by atoms with Crippen LogP contribution in [0.3, 0.4) is 0 Å². The fourth-order valence-electron chi connectivity index (χ4n) is 2.63. The molecule has 4 heterocycles. The van der Waals surface area contributed by atoms with Gasteiger partial charge < -0.3 is 10.7 Å². The van der Waals surface area contributed by atoms with E-state index < -0.39 is 5.82 Å². The van der Waals surface area contributed by atoms with Crippen LogP contribution in [-0.2, 0) is 0 Å². The molecule has 0 aliphatic heterocycles. The van der Waals surface area contributed by atoms with Crippen molar-refractivity contribution in [2.75, 3.05) is 5.73 Å². The van der Waals surface area contributed by atoms with Crippen molar-refractivity contribution in [3.63, 3.8) is 0 Å². The maximum Gasteiger partial charge on any atom is 0.143 e. The Labute approximate surface area is 131 Å². The lowest BCUT2D eigenvalue weighted by molar-refractivity contribution is 0.624. The van der Waals surface area contributed by atoms with E-state index in [1.165, 1.54) is 12.3 Å². The summed E-state index contributed by atoms with van der Waals surface area (Å²) in [5.41, 5.74) is 10.2. The van der Waals surface area contributed by atoms with Crippen molar-refractivity contribution < 1.29 is 4.39 Å². The summed E-state index contributed by atoms with van der Waals surface area (Å²) in [6.07, 6.45) is 4.54. The summed E-state index contributed by atoms with van der Waals surface area (Å²) < 4.78 is 13.5. The Kier molecular flexibility index (Phi) is 3.01. The predicted octanol–water partition coefficient (Wildman–Crippen LogP) is 3.41. The standard InChI is InChI=1S/C17H12FN5/c18-11-8-13-17(22-9-11)15(12-3-1-2-5-20-12)16(23-13)10-4-6-21-14(19)7-10/h1-9,23H,(H2,19,21). The SMILES string of the molecule is Nc1cc(-c2[nH]c3cc(F)cnc3c2-c2ccccn2)ccn1. The van der Waals surface area contributed by atoms with Gasteiger partial charge in [0, 0.05) is 24.0 Å². The molecular formula is C17H12FN5. The van der Waals surface area contributed by atoms with E-state index in [-0.39, 0.29) is 0 Å². The molecule has 0 fully saturated rings. The van der Waals surface area contributed by atoms with Gasteiger partial charge in [0.15, 0.2) is 0 Å². The minimum atomic E-state index is -0.396. The molecule has 23 heavy (non-hydrogen) atoms. The molecular weight excluding hydrogens is 293 g/mol. The number of nitrogens with one attached hydrogen (secondary N) is 1. The van der Waals surface area contributed by atoms with Crippen molar-refractivity contribution in [1.29, 1.82) is 0 Å². The van der Waals surface area contributed by atoms with E-state index in [1.54, 1.807) is 18.5 Å². The highest BCUT2D eigenvalue weighted by Gasteiger charge is 2.17. The summed E-state index contributed by atoms with van der Waals surface area (Å²) in [5.74, 6) is 0.0133. The molecule has 5 nitrogen and oxygen atoms in total. The average Bonchev–Trinajstić information content (AvgIpc) is 2.94. The number of hydrogen-bond donors (Lipinski definition) is 2. The molecule has 0 unspecified atom stereocenters. The van der Waals surface area contributed by atoms with Crippen LogP contribution in [0.15, 0.2) is 55.0 Å². The van der Waals surface area contributed by atoms with Crippen LogP contribution in [-0.4, -0.2) is 19.9 Å². The summed E-state index contributed by atoms with van der Waals surface area (Å²) in [5, 5.41) is 0.